The van der Waals surface area contributed by atoms with Crippen molar-refractivity contribution in [3.8, 4) is 0 Å². The summed E-state index contributed by atoms with van der Waals surface area (Å²) in [7, 11) is 0. The molecule has 0 heterocycles. The van der Waals surface area contributed by atoms with E-state index in [1.54, 1.807) is 11.8 Å². The summed E-state index contributed by atoms with van der Waals surface area (Å²) in [6.07, 6.45) is 5.45. The van der Waals surface area contributed by atoms with Crippen molar-refractivity contribution >= 4 is 11.8 Å². The third kappa shape index (κ3) is 4.51. The van der Waals surface area contributed by atoms with Gasteiger partial charge in [0.15, 0.2) is 0 Å². The van der Waals surface area contributed by atoms with E-state index in [-0.39, 0.29) is 0 Å². The van der Waals surface area contributed by atoms with Crippen molar-refractivity contribution in [1.29, 1.82) is 0 Å². The molecular weight excluding hydrogens is 266 g/mol. The van der Waals surface area contributed by atoms with E-state index in [1.165, 1.54) is 23.3 Å². The summed E-state index contributed by atoms with van der Waals surface area (Å²) in [5.41, 5.74) is 0.918. The minimum atomic E-state index is -0.417. The van der Waals surface area contributed by atoms with Gasteiger partial charge in [-0.25, -0.2) is 0 Å². The molecule has 20 heavy (non-hydrogen) atoms. The average Bonchev–Trinajstić information content (AvgIpc) is 2.90. The summed E-state index contributed by atoms with van der Waals surface area (Å²) in [6, 6.07) is 9.18. The Hall–Kier alpha value is -0.510. The van der Waals surface area contributed by atoms with Crippen molar-refractivity contribution in [2.45, 2.75) is 62.5 Å². The molecule has 0 bridgehead atoms. The van der Waals surface area contributed by atoms with E-state index in [1.807, 2.05) is 0 Å². The van der Waals surface area contributed by atoms with Gasteiger partial charge in [0.05, 0.1) is 5.60 Å². The van der Waals surface area contributed by atoms with Gasteiger partial charge in [0.2, 0.25) is 0 Å². The molecule has 1 aliphatic carbocycles. The highest BCUT2D eigenvalue weighted by atomic mass is 32.2. The van der Waals surface area contributed by atoms with Crippen LogP contribution in [0, 0.1) is 0 Å². The standard InChI is InChI=1S/C17H27NOS/c1-3-12-18-14(2)15-6-8-16(9-7-15)20-13-17(19)10-4-5-11-17/h6-9,14,18-19H,3-5,10-13H2,1-2H3. The fraction of sp³-hybridized carbons (Fsp3) is 0.647. The van der Waals surface area contributed by atoms with Gasteiger partial charge in [-0.15, -0.1) is 11.8 Å². The second-order valence-corrected chi connectivity index (χ2v) is 7.01. The molecule has 2 nitrogen and oxygen atoms in total. The first kappa shape index (κ1) is 15.9. The first-order valence-electron chi connectivity index (χ1n) is 7.81. The Morgan fingerprint density at radius 3 is 2.50 bits per heavy atom. The molecule has 3 heteroatoms. The van der Waals surface area contributed by atoms with Crippen LogP contribution < -0.4 is 5.32 Å². The van der Waals surface area contributed by atoms with Crippen LogP contribution in [0.25, 0.3) is 0 Å². The van der Waals surface area contributed by atoms with Crippen LogP contribution in [0.2, 0.25) is 0 Å². The van der Waals surface area contributed by atoms with Gasteiger partial charge in [-0.2, -0.15) is 0 Å². The molecule has 1 aromatic rings. The van der Waals surface area contributed by atoms with Crippen molar-refractivity contribution in [3.63, 3.8) is 0 Å². The lowest BCUT2D eigenvalue weighted by Gasteiger charge is -2.21. The van der Waals surface area contributed by atoms with E-state index in [0.29, 0.717) is 6.04 Å². The lowest BCUT2D eigenvalue weighted by atomic mass is 10.1. The Morgan fingerprint density at radius 2 is 1.90 bits per heavy atom. The Bertz CT molecular complexity index is 398. The Morgan fingerprint density at radius 1 is 1.25 bits per heavy atom. The number of rotatable bonds is 7. The fourth-order valence-corrected chi connectivity index (χ4v) is 3.78. The van der Waals surface area contributed by atoms with Gasteiger partial charge in [0.25, 0.3) is 0 Å². The molecule has 1 aliphatic rings. The van der Waals surface area contributed by atoms with Crippen LogP contribution in [0.4, 0.5) is 0 Å². The molecule has 0 amide bonds. The number of thioether (sulfide) groups is 1. The smallest absolute Gasteiger partial charge is 0.0741 e. The monoisotopic (exact) mass is 293 g/mol. The molecule has 112 valence electrons. The molecule has 1 saturated carbocycles. The molecule has 0 aromatic heterocycles. The predicted molar refractivity (Wildman–Crippen MR) is 87.3 cm³/mol. The van der Waals surface area contributed by atoms with Crippen molar-refractivity contribution in [1.82, 2.24) is 5.32 Å². The molecule has 0 radical (unpaired) electrons. The highest BCUT2D eigenvalue weighted by Gasteiger charge is 2.30. The van der Waals surface area contributed by atoms with E-state index in [2.05, 4.69) is 43.4 Å². The Balaban J connectivity index is 1.84. The summed E-state index contributed by atoms with van der Waals surface area (Å²) in [5.74, 6) is 0.829. The van der Waals surface area contributed by atoms with Gasteiger partial charge < -0.3 is 10.4 Å². The van der Waals surface area contributed by atoms with Crippen LogP contribution >= 0.6 is 11.8 Å². The SMILES string of the molecule is CCCNC(C)c1ccc(SCC2(O)CCCC2)cc1. The number of benzene rings is 1. The largest absolute Gasteiger partial charge is 0.389 e. The van der Waals surface area contributed by atoms with Crippen LogP contribution in [0.3, 0.4) is 0 Å². The highest BCUT2D eigenvalue weighted by molar-refractivity contribution is 7.99. The number of hydrogen-bond acceptors (Lipinski definition) is 3. The van der Waals surface area contributed by atoms with E-state index in [9.17, 15) is 5.11 Å². The zero-order valence-electron chi connectivity index (χ0n) is 12.7. The summed E-state index contributed by atoms with van der Waals surface area (Å²) >= 11 is 1.78. The molecular formula is C17H27NOS. The topological polar surface area (TPSA) is 32.3 Å². The first-order chi connectivity index (χ1) is 9.63. The molecule has 1 unspecified atom stereocenters. The molecule has 2 rings (SSSR count). The van der Waals surface area contributed by atoms with E-state index in [4.69, 9.17) is 0 Å². The maximum absolute atomic E-state index is 10.4. The average molecular weight is 293 g/mol. The summed E-state index contributed by atoms with van der Waals surface area (Å²) in [4.78, 5) is 1.26. The molecule has 1 fully saturated rings. The maximum atomic E-state index is 10.4. The molecule has 0 saturated heterocycles. The minimum Gasteiger partial charge on any atom is -0.389 e. The van der Waals surface area contributed by atoms with E-state index < -0.39 is 5.60 Å². The summed E-state index contributed by atoms with van der Waals surface area (Å²) < 4.78 is 0. The highest BCUT2D eigenvalue weighted by Crippen LogP contribution is 2.34. The molecule has 1 aromatic carbocycles. The van der Waals surface area contributed by atoms with Gasteiger partial charge in [0.1, 0.15) is 0 Å². The zero-order valence-corrected chi connectivity index (χ0v) is 13.5. The third-order valence-electron chi connectivity index (χ3n) is 4.12. The lowest BCUT2D eigenvalue weighted by Crippen LogP contribution is -2.27. The number of nitrogens with one attached hydrogen (secondary N) is 1. The lowest BCUT2D eigenvalue weighted by molar-refractivity contribution is 0.0732. The molecule has 0 aliphatic heterocycles. The summed E-state index contributed by atoms with van der Waals surface area (Å²) in [5, 5.41) is 13.9. The second kappa shape index (κ2) is 7.48. The van der Waals surface area contributed by atoms with Crippen LogP contribution in [0.1, 0.15) is 57.6 Å². The third-order valence-corrected chi connectivity index (χ3v) is 5.41. The molecule has 2 N–H and O–H groups in total. The minimum absolute atomic E-state index is 0.410. The normalized spacial score (nSPS) is 19.1. The molecule has 0 spiro atoms. The molecule has 1 atom stereocenters. The van der Waals surface area contributed by atoms with E-state index in [0.717, 1.165) is 31.6 Å². The second-order valence-electron chi connectivity index (χ2n) is 5.96. The van der Waals surface area contributed by atoms with Crippen LogP contribution in [-0.2, 0) is 0 Å². The summed E-state index contributed by atoms with van der Waals surface area (Å²) in [6.45, 7) is 5.46. The van der Waals surface area contributed by atoms with Crippen LogP contribution in [0.15, 0.2) is 29.2 Å². The Labute approximate surface area is 127 Å². The van der Waals surface area contributed by atoms with Gasteiger partial charge >= 0.3 is 0 Å². The number of aliphatic hydroxyl groups is 1. The van der Waals surface area contributed by atoms with Gasteiger partial charge in [-0.1, -0.05) is 31.9 Å². The van der Waals surface area contributed by atoms with Gasteiger partial charge in [0, 0.05) is 16.7 Å². The first-order valence-corrected chi connectivity index (χ1v) is 8.80. The zero-order chi connectivity index (χ0) is 14.4. The maximum Gasteiger partial charge on any atom is 0.0741 e. The number of hydrogen-bond donors (Lipinski definition) is 2. The fourth-order valence-electron chi connectivity index (χ4n) is 2.73. The van der Waals surface area contributed by atoms with Crippen molar-refractivity contribution < 1.29 is 5.11 Å². The van der Waals surface area contributed by atoms with Crippen LogP contribution in [-0.4, -0.2) is 23.0 Å². The van der Waals surface area contributed by atoms with Gasteiger partial charge in [-0.05, 0) is 50.4 Å². The van der Waals surface area contributed by atoms with Gasteiger partial charge in [-0.3, -0.25) is 0 Å². The van der Waals surface area contributed by atoms with Crippen LogP contribution in [0.5, 0.6) is 0 Å². The quantitative estimate of drug-likeness (QED) is 0.741. The Kier molecular flexibility index (Phi) is 5.94. The van der Waals surface area contributed by atoms with Crippen molar-refractivity contribution in [2.75, 3.05) is 12.3 Å². The van der Waals surface area contributed by atoms with Crippen molar-refractivity contribution in [3.05, 3.63) is 29.8 Å². The van der Waals surface area contributed by atoms with E-state index >= 15 is 0 Å². The van der Waals surface area contributed by atoms with Crippen molar-refractivity contribution in [2.24, 2.45) is 0 Å². The predicted octanol–water partition coefficient (Wildman–Crippen LogP) is 4.14.